The molecular weight excluding hydrogens is 405 g/mol. The molecule has 0 bridgehead atoms. The van der Waals surface area contributed by atoms with Crippen LogP contribution in [0.25, 0.3) is 22.0 Å². The molecular formula is C22H19F3N6. The summed E-state index contributed by atoms with van der Waals surface area (Å²) in [5.74, 6) is 0.863. The number of hydrogen-bond donors (Lipinski definition) is 1. The fourth-order valence-corrected chi connectivity index (χ4v) is 3.92. The van der Waals surface area contributed by atoms with E-state index in [1.807, 2.05) is 18.3 Å². The SMILES string of the molecule is FC(F)(F)c1ccc(N2CCN(c3ncnc4ccc(-c5cn[nH]c5)cc34)CC2)cc1. The molecule has 0 spiro atoms. The van der Waals surface area contributed by atoms with Crippen LogP contribution in [0, 0.1) is 0 Å². The summed E-state index contributed by atoms with van der Waals surface area (Å²) in [5, 5.41) is 7.80. The van der Waals surface area contributed by atoms with Crippen LogP contribution in [0.4, 0.5) is 24.7 Å². The maximum absolute atomic E-state index is 12.8. The van der Waals surface area contributed by atoms with Gasteiger partial charge in [-0.15, -0.1) is 0 Å². The second kappa shape index (κ2) is 7.57. The Balaban J connectivity index is 1.36. The van der Waals surface area contributed by atoms with Crippen LogP contribution in [0.5, 0.6) is 0 Å². The Morgan fingerprint density at radius 3 is 2.26 bits per heavy atom. The van der Waals surface area contributed by atoms with Crippen molar-refractivity contribution in [1.82, 2.24) is 20.2 Å². The van der Waals surface area contributed by atoms with Crippen molar-refractivity contribution < 1.29 is 13.2 Å². The van der Waals surface area contributed by atoms with Gasteiger partial charge in [-0.1, -0.05) is 6.07 Å². The van der Waals surface area contributed by atoms with Gasteiger partial charge in [0.05, 0.1) is 17.3 Å². The lowest BCUT2D eigenvalue weighted by molar-refractivity contribution is -0.137. The van der Waals surface area contributed by atoms with Crippen LogP contribution in [-0.2, 0) is 6.18 Å². The molecule has 0 radical (unpaired) electrons. The van der Waals surface area contributed by atoms with E-state index in [0.29, 0.717) is 26.2 Å². The number of aromatic nitrogens is 4. The van der Waals surface area contributed by atoms with E-state index in [0.717, 1.165) is 45.7 Å². The first kappa shape index (κ1) is 19.3. The summed E-state index contributed by atoms with van der Waals surface area (Å²) in [6.07, 6.45) is 0.860. The Morgan fingerprint density at radius 2 is 1.58 bits per heavy atom. The Bertz CT molecular complexity index is 1180. The lowest BCUT2D eigenvalue weighted by Gasteiger charge is -2.37. The van der Waals surface area contributed by atoms with Crippen LogP contribution in [0.15, 0.2) is 61.2 Å². The molecule has 0 atom stereocenters. The number of nitrogens with zero attached hydrogens (tertiary/aromatic N) is 5. The number of nitrogens with one attached hydrogen (secondary N) is 1. The highest BCUT2D eigenvalue weighted by Crippen LogP contribution is 2.32. The van der Waals surface area contributed by atoms with Crippen LogP contribution in [0.2, 0.25) is 0 Å². The van der Waals surface area contributed by atoms with E-state index in [4.69, 9.17) is 0 Å². The largest absolute Gasteiger partial charge is 0.416 e. The zero-order valence-corrected chi connectivity index (χ0v) is 16.5. The molecule has 0 unspecified atom stereocenters. The molecule has 2 aromatic heterocycles. The first-order valence-corrected chi connectivity index (χ1v) is 9.90. The van der Waals surface area contributed by atoms with Gasteiger partial charge < -0.3 is 9.80 Å². The van der Waals surface area contributed by atoms with E-state index in [1.165, 1.54) is 12.1 Å². The molecule has 1 N–H and O–H groups in total. The van der Waals surface area contributed by atoms with Gasteiger partial charge in [0.25, 0.3) is 0 Å². The molecule has 6 nitrogen and oxygen atoms in total. The number of piperazine rings is 1. The third-order valence-electron chi connectivity index (χ3n) is 5.58. The predicted octanol–water partition coefficient (Wildman–Crippen LogP) is 4.37. The molecule has 0 saturated carbocycles. The Labute approximate surface area is 176 Å². The minimum atomic E-state index is -4.32. The summed E-state index contributed by atoms with van der Waals surface area (Å²) >= 11 is 0. The smallest absolute Gasteiger partial charge is 0.368 e. The average Bonchev–Trinajstić information content (AvgIpc) is 3.33. The van der Waals surface area contributed by atoms with E-state index in [1.54, 1.807) is 12.5 Å². The number of rotatable bonds is 3. The van der Waals surface area contributed by atoms with Gasteiger partial charge in [0.15, 0.2) is 0 Å². The van der Waals surface area contributed by atoms with Gasteiger partial charge in [0, 0.05) is 49.0 Å². The van der Waals surface area contributed by atoms with Crippen molar-refractivity contribution in [2.75, 3.05) is 36.0 Å². The van der Waals surface area contributed by atoms with Crippen molar-refractivity contribution >= 4 is 22.4 Å². The molecule has 3 heterocycles. The Kier molecular flexibility index (Phi) is 4.72. The minimum Gasteiger partial charge on any atom is -0.368 e. The number of alkyl halides is 3. The number of benzene rings is 2. The first-order chi connectivity index (χ1) is 15.0. The predicted molar refractivity (Wildman–Crippen MR) is 113 cm³/mol. The van der Waals surface area contributed by atoms with Crippen LogP contribution >= 0.6 is 0 Å². The molecule has 5 rings (SSSR count). The van der Waals surface area contributed by atoms with Gasteiger partial charge >= 0.3 is 6.18 Å². The second-order valence-corrected chi connectivity index (χ2v) is 7.43. The van der Waals surface area contributed by atoms with Gasteiger partial charge in [0.1, 0.15) is 12.1 Å². The number of anilines is 2. The van der Waals surface area contributed by atoms with Crippen LogP contribution in [0.3, 0.4) is 0 Å². The molecule has 4 aromatic rings. The van der Waals surface area contributed by atoms with E-state index in [9.17, 15) is 13.2 Å². The fraction of sp³-hybridized carbons (Fsp3) is 0.227. The van der Waals surface area contributed by atoms with Gasteiger partial charge in [-0.3, -0.25) is 5.10 Å². The Morgan fingerprint density at radius 1 is 0.839 bits per heavy atom. The topological polar surface area (TPSA) is 60.9 Å². The highest BCUT2D eigenvalue weighted by molar-refractivity contribution is 5.92. The Hall–Kier alpha value is -3.62. The normalized spacial score (nSPS) is 14.9. The molecule has 158 valence electrons. The summed E-state index contributed by atoms with van der Waals surface area (Å²) in [6, 6.07) is 11.4. The molecule has 31 heavy (non-hydrogen) atoms. The molecule has 0 aliphatic carbocycles. The molecule has 0 amide bonds. The van der Waals surface area contributed by atoms with Crippen LogP contribution in [-0.4, -0.2) is 46.3 Å². The average molecular weight is 424 g/mol. The quantitative estimate of drug-likeness (QED) is 0.529. The minimum absolute atomic E-state index is 0.629. The number of halogens is 3. The number of H-pyrrole nitrogens is 1. The number of aromatic amines is 1. The summed E-state index contributed by atoms with van der Waals surface area (Å²) in [5.41, 5.74) is 3.05. The van der Waals surface area contributed by atoms with Crippen molar-refractivity contribution in [3.05, 3.63) is 66.7 Å². The van der Waals surface area contributed by atoms with Crippen molar-refractivity contribution in [3.8, 4) is 11.1 Å². The highest BCUT2D eigenvalue weighted by Gasteiger charge is 2.30. The zero-order chi connectivity index (χ0) is 21.4. The summed E-state index contributed by atoms with van der Waals surface area (Å²) < 4.78 is 38.4. The van der Waals surface area contributed by atoms with Gasteiger partial charge in [-0.05, 0) is 42.0 Å². The van der Waals surface area contributed by atoms with Crippen LogP contribution in [0.1, 0.15) is 5.56 Å². The molecule has 1 fully saturated rings. The summed E-state index contributed by atoms with van der Waals surface area (Å²) in [6.45, 7) is 2.81. The maximum atomic E-state index is 12.8. The molecule has 2 aromatic carbocycles. The first-order valence-electron chi connectivity index (χ1n) is 9.90. The lowest BCUT2D eigenvalue weighted by atomic mass is 10.1. The second-order valence-electron chi connectivity index (χ2n) is 7.43. The molecule has 1 saturated heterocycles. The van der Waals surface area contributed by atoms with Gasteiger partial charge in [-0.25, -0.2) is 9.97 Å². The van der Waals surface area contributed by atoms with Gasteiger partial charge in [-0.2, -0.15) is 18.3 Å². The zero-order valence-electron chi connectivity index (χ0n) is 16.5. The van der Waals surface area contributed by atoms with E-state index >= 15 is 0 Å². The molecule has 1 aliphatic heterocycles. The standard InChI is InChI=1S/C22H19F3N6/c23-22(24,25)17-2-4-18(5-3-17)30-7-9-31(10-8-30)21-19-11-15(16-12-28-29-13-16)1-6-20(19)26-14-27-21/h1-6,11-14H,7-10H2,(H,28,29). The summed E-state index contributed by atoms with van der Waals surface area (Å²) in [7, 11) is 0. The molecule has 9 heteroatoms. The highest BCUT2D eigenvalue weighted by atomic mass is 19.4. The number of hydrogen-bond acceptors (Lipinski definition) is 5. The van der Waals surface area contributed by atoms with E-state index in [2.05, 4.69) is 36.0 Å². The maximum Gasteiger partial charge on any atom is 0.416 e. The monoisotopic (exact) mass is 424 g/mol. The van der Waals surface area contributed by atoms with E-state index < -0.39 is 11.7 Å². The van der Waals surface area contributed by atoms with Gasteiger partial charge in [0.2, 0.25) is 0 Å². The van der Waals surface area contributed by atoms with Crippen molar-refractivity contribution in [3.63, 3.8) is 0 Å². The third-order valence-corrected chi connectivity index (χ3v) is 5.58. The lowest BCUT2D eigenvalue weighted by Crippen LogP contribution is -2.46. The van der Waals surface area contributed by atoms with Crippen molar-refractivity contribution in [2.24, 2.45) is 0 Å². The fourth-order valence-electron chi connectivity index (χ4n) is 3.92. The third kappa shape index (κ3) is 3.78. The van der Waals surface area contributed by atoms with Crippen molar-refractivity contribution in [1.29, 1.82) is 0 Å². The van der Waals surface area contributed by atoms with Crippen molar-refractivity contribution in [2.45, 2.75) is 6.18 Å². The number of fused-ring (bicyclic) bond motifs is 1. The van der Waals surface area contributed by atoms with Crippen LogP contribution < -0.4 is 9.80 Å². The molecule has 1 aliphatic rings. The van der Waals surface area contributed by atoms with E-state index in [-0.39, 0.29) is 0 Å². The summed E-state index contributed by atoms with van der Waals surface area (Å²) in [4.78, 5) is 13.2.